The van der Waals surface area contributed by atoms with Crippen molar-refractivity contribution in [3.8, 4) is 11.3 Å². The minimum absolute atomic E-state index is 0.368. The summed E-state index contributed by atoms with van der Waals surface area (Å²) < 4.78 is 6.84. The molecule has 0 aliphatic heterocycles. The van der Waals surface area contributed by atoms with Crippen molar-refractivity contribution < 1.29 is 9.52 Å². The van der Waals surface area contributed by atoms with Crippen LogP contribution in [0.3, 0.4) is 0 Å². The van der Waals surface area contributed by atoms with Crippen molar-refractivity contribution in [2.24, 2.45) is 7.05 Å². The molecule has 0 radical (unpaired) electrons. The minimum atomic E-state index is -0.694. The Bertz CT molecular complexity index is 754. The summed E-state index contributed by atoms with van der Waals surface area (Å²) in [5.74, 6) is 0.540. The molecule has 6 heteroatoms. The number of aryl methyl sites for hydroxylation is 1. The van der Waals surface area contributed by atoms with Crippen molar-refractivity contribution >= 4 is 11.6 Å². The van der Waals surface area contributed by atoms with Gasteiger partial charge in [-0.05, 0) is 12.1 Å². The number of halogens is 1. The maximum absolute atomic E-state index is 10.0. The van der Waals surface area contributed by atoms with Crippen LogP contribution in [0.1, 0.15) is 17.4 Å². The lowest BCUT2D eigenvalue weighted by atomic mass is 10.1. The third kappa shape index (κ3) is 3.47. The van der Waals surface area contributed by atoms with E-state index in [0.29, 0.717) is 24.0 Å². The molecule has 0 aliphatic rings. The first-order valence-electron chi connectivity index (χ1n) is 7.36. The number of furan rings is 1. The van der Waals surface area contributed by atoms with Crippen LogP contribution in [0.5, 0.6) is 0 Å². The summed E-state index contributed by atoms with van der Waals surface area (Å²) in [4.78, 5) is 0. The lowest BCUT2D eigenvalue weighted by molar-refractivity contribution is 0.147. The van der Waals surface area contributed by atoms with Gasteiger partial charge in [0.05, 0.1) is 12.0 Å². The summed E-state index contributed by atoms with van der Waals surface area (Å²) in [5.41, 5.74) is 2.77. The van der Waals surface area contributed by atoms with Crippen molar-refractivity contribution in [1.29, 1.82) is 0 Å². The molecule has 0 saturated heterocycles. The first-order chi connectivity index (χ1) is 11.2. The molecule has 2 aromatic heterocycles. The third-order valence-electron chi connectivity index (χ3n) is 3.63. The largest absolute Gasteiger partial charge is 0.467 e. The highest BCUT2D eigenvalue weighted by Gasteiger charge is 2.17. The molecule has 2 N–H and O–H groups in total. The predicted octanol–water partition coefficient (Wildman–Crippen LogP) is 3.16. The van der Waals surface area contributed by atoms with E-state index in [4.69, 9.17) is 16.0 Å². The van der Waals surface area contributed by atoms with Gasteiger partial charge in [-0.2, -0.15) is 5.10 Å². The van der Waals surface area contributed by atoms with Gasteiger partial charge in [0.2, 0.25) is 0 Å². The number of aromatic nitrogens is 2. The maximum Gasteiger partial charge on any atom is 0.133 e. The summed E-state index contributed by atoms with van der Waals surface area (Å²) in [6, 6.07) is 13.4. The number of benzene rings is 1. The topological polar surface area (TPSA) is 63.2 Å². The summed E-state index contributed by atoms with van der Waals surface area (Å²) in [6.45, 7) is 0.877. The van der Waals surface area contributed by atoms with E-state index in [1.165, 1.54) is 0 Å². The van der Waals surface area contributed by atoms with Crippen molar-refractivity contribution in [1.82, 2.24) is 15.1 Å². The zero-order valence-electron chi connectivity index (χ0n) is 12.7. The van der Waals surface area contributed by atoms with Crippen LogP contribution in [0, 0.1) is 0 Å². The molecule has 0 aliphatic carbocycles. The second kappa shape index (κ2) is 7.00. The van der Waals surface area contributed by atoms with Crippen LogP contribution in [0.25, 0.3) is 11.3 Å². The van der Waals surface area contributed by atoms with E-state index >= 15 is 0 Å². The van der Waals surface area contributed by atoms with E-state index < -0.39 is 6.10 Å². The normalized spacial score (nSPS) is 12.5. The van der Waals surface area contributed by atoms with Crippen molar-refractivity contribution in [3.63, 3.8) is 0 Å². The van der Waals surface area contributed by atoms with Crippen LogP contribution >= 0.6 is 11.6 Å². The van der Waals surface area contributed by atoms with E-state index in [9.17, 15) is 5.11 Å². The summed E-state index contributed by atoms with van der Waals surface area (Å²) in [7, 11) is 1.82. The first-order valence-corrected chi connectivity index (χ1v) is 7.73. The van der Waals surface area contributed by atoms with Gasteiger partial charge < -0.3 is 14.8 Å². The Labute approximate surface area is 139 Å². The maximum atomic E-state index is 10.0. The molecule has 0 fully saturated rings. The molecular formula is C17H18ClN3O2. The summed E-state index contributed by atoms with van der Waals surface area (Å²) in [6.07, 6.45) is 0.852. The van der Waals surface area contributed by atoms with Crippen LogP contribution in [-0.2, 0) is 13.6 Å². The van der Waals surface area contributed by atoms with Gasteiger partial charge in [-0.3, -0.25) is 4.68 Å². The number of hydrogen-bond donors (Lipinski definition) is 2. The fourth-order valence-electron chi connectivity index (χ4n) is 2.45. The highest BCUT2D eigenvalue weighted by atomic mass is 35.5. The SMILES string of the molecule is Cn1nc(-c2ccccc2)c(CNCC(O)c2ccco2)c1Cl. The van der Waals surface area contributed by atoms with Crippen molar-refractivity contribution in [3.05, 3.63) is 65.2 Å². The average Bonchev–Trinajstić information content (AvgIpc) is 3.19. The Morgan fingerprint density at radius 1 is 1.26 bits per heavy atom. The van der Waals surface area contributed by atoms with Crippen LogP contribution in [-0.4, -0.2) is 21.4 Å². The Kier molecular flexibility index (Phi) is 4.81. The first kappa shape index (κ1) is 15.8. The zero-order chi connectivity index (χ0) is 16.2. The van der Waals surface area contributed by atoms with Gasteiger partial charge >= 0.3 is 0 Å². The van der Waals surface area contributed by atoms with Gasteiger partial charge in [0.25, 0.3) is 0 Å². The lowest BCUT2D eigenvalue weighted by Crippen LogP contribution is -2.21. The lowest BCUT2D eigenvalue weighted by Gasteiger charge is -2.10. The minimum Gasteiger partial charge on any atom is -0.467 e. The highest BCUT2D eigenvalue weighted by molar-refractivity contribution is 6.30. The molecule has 0 spiro atoms. The van der Waals surface area contributed by atoms with E-state index in [2.05, 4.69) is 10.4 Å². The molecule has 3 rings (SSSR count). The molecular weight excluding hydrogens is 314 g/mol. The molecule has 0 amide bonds. The van der Waals surface area contributed by atoms with E-state index in [1.54, 1.807) is 23.1 Å². The smallest absolute Gasteiger partial charge is 0.133 e. The molecule has 23 heavy (non-hydrogen) atoms. The number of aliphatic hydroxyl groups is 1. The quantitative estimate of drug-likeness (QED) is 0.728. The summed E-state index contributed by atoms with van der Waals surface area (Å²) >= 11 is 6.36. The van der Waals surface area contributed by atoms with Crippen LogP contribution < -0.4 is 5.32 Å². The Morgan fingerprint density at radius 3 is 2.74 bits per heavy atom. The standard InChI is InChI=1S/C17H18ClN3O2/c1-21-17(18)13(16(20-21)12-6-3-2-4-7-12)10-19-11-14(22)15-8-5-9-23-15/h2-9,14,19,22H,10-11H2,1H3. The molecule has 0 bridgehead atoms. The van der Waals surface area contributed by atoms with Crippen LogP contribution in [0.4, 0.5) is 0 Å². The molecule has 120 valence electrons. The second-order valence-electron chi connectivity index (χ2n) is 5.27. The monoisotopic (exact) mass is 331 g/mol. The van der Waals surface area contributed by atoms with Gasteiger partial charge in [0.1, 0.15) is 17.0 Å². The van der Waals surface area contributed by atoms with Crippen LogP contribution in [0.15, 0.2) is 53.1 Å². The molecule has 0 saturated carbocycles. The van der Waals surface area contributed by atoms with Gasteiger partial charge in [-0.1, -0.05) is 41.9 Å². The molecule has 3 aromatic rings. The van der Waals surface area contributed by atoms with E-state index in [-0.39, 0.29) is 0 Å². The Morgan fingerprint density at radius 2 is 2.04 bits per heavy atom. The van der Waals surface area contributed by atoms with Crippen molar-refractivity contribution in [2.45, 2.75) is 12.6 Å². The van der Waals surface area contributed by atoms with Crippen LogP contribution in [0.2, 0.25) is 5.15 Å². The van der Waals surface area contributed by atoms with E-state index in [1.807, 2.05) is 37.4 Å². The van der Waals surface area contributed by atoms with Crippen molar-refractivity contribution in [2.75, 3.05) is 6.54 Å². The number of hydrogen-bond acceptors (Lipinski definition) is 4. The molecule has 1 aromatic carbocycles. The zero-order valence-corrected chi connectivity index (χ0v) is 13.5. The molecule has 2 heterocycles. The number of nitrogens with one attached hydrogen (secondary N) is 1. The average molecular weight is 332 g/mol. The fraction of sp³-hybridized carbons (Fsp3) is 0.235. The Hall–Kier alpha value is -2.08. The molecule has 1 atom stereocenters. The fourth-order valence-corrected chi connectivity index (χ4v) is 2.64. The second-order valence-corrected chi connectivity index (χ2v) is 5.63. The summed E-state index contributed by atoms with van der Waals surface area (Å²) in [5, 5.41) is 18.3. The number of rotatable bonds is 6. The van der Waals surface area contributed by atoms with E-state index in [0.717, 1.165) is 16.8 Å². The van der Waals surface area contributed by atoms with Gasteiger partial charge in [0, 0.05) is 31.3 Å². The molecule has 5 nitrogen and oxygen atoms in total. The van der Waals surface area contributed by atoms with Gasteiger partial charge in [-0.25, -0.2) is 0 Å². The van der Waals surface area contributed by atoms with Gasteiger partial charge in [-0.15, -0.1) is 0 Å². The number of aliphatic hydroxyl groups excluding tert-OH is 1. The third-order valence-corrected chi connectivity index (χ3v) is 4.10. The highest BCUT2D eigenvalue weighted by Crippen LogP contribution is 2.28. The number of nitrogens with zero attached hydrogens (tertiary/aromatic N) is 2. The predicted molar refractivity (Wildman–Crippen MR) is 89.0 cm³/mol. The van der Waals surface area contributed by atoms with Gasteiger partial charge in [0.15, 0.2) is 0 Å². The Balaban J connectivity index is 1.73. The molecule has 1 unspecified atom stereocenters.